The normalized spacial score (nSPS) is 15.0. The molecule has 0 saturated carbocycles. The molecule has 4 aromatic rings. The molecule has 0 N–H and O–H groups in total. The third-order valence-corrected chi connectivity index (χ3v) is 8.85. The van der Waals surface area contributed by atoms with Gasteiger partial charge in [0.1, 0.15) is 12.2 Å². The van der Waals surface area contributed by atoms with Gasteiger partial charge in [0, 0.05) is 42.5 Å². The van der Waals surface area contributed by atoms with E-state index < -0.39 is 10.0 Å². The lowest BCUT2D eigenvalue weighted by molar-refractivity contribution is 0.383. The van der Waals surface area contributed by atoms with Gasteiger partial charge in [0.25, 0.3) is 0 Å². The Labute approximate surface area is 220 Å². The van der Waals surface area contributed by atoms with Gasteiger partial charge in [-0.15, -0.1) is 0 Å². The molecule has 0 radical (unpaired) electrons. The molecule has 0 unspecified atom stereocenters. The Kier molecular flexibility index (Phi) is 7.16. The minimum atomic E-state index is -3.25. The molecule has 2 aromatic carbocycles. The first-order valence-electron chi connectivity index (χ1n) is 11.9. The summed E-state index contributed by atoms with van der Waals surface area (Å²) in [7, 11) is -3.25. The molecule has 1 fully saturated rings. The fraction of sp³-hybridized carbons (Fsp3) is 0.320. The third kappa shape index (κ3) is 4.80. The van der Waals surface area contributed by atoms with Crippen molar-refractivity contribution >= 4 is 50.2 Å². The highest BCUT2D eigenvalue weighted by Crippen LogP contribution is 2.35. The van der Waals surface area contributed by atoms with E-state index >= 15 is 0 Å². The molecule has 0 amide bonds. The number of unbranched alkanes of at least 4 members (excludes halogenated alkanes) is 1. The number of benzene rings is 2. The summed E-state index contributed by atoms with van der Waals surface area (Å²) >= 11 is 12.7. The fourth-order valence-corrected chi connectivity index (χ4v) is 6.38. The number of halogens is 2. The van der Waals surface area contributed by atoms with E-state index in [1.807, 2.05) is 60.0 Å². The average molecular weight is 545 g/mol. The van der Waals surface area contributed by atoms with Gasteiger partial charge in [-0.3, -0.25) is 4.57 Å². The molecule has 11 heteroatoms. The predicted molar refractivity (Wildman–Crippen MR) is 145 cm³/mol. The Morgan fingerprint density at radius 1 is 0.944 bits per heavy atom. The predicted octanol–water partition coefficient (Wildman–Crippen LogP) is 5.04. The van der Waals surface area contributed by atoms with Crippen molar-refractivity contribution in [1.29, 1.82) is 0 Å². The van der Waals surface area contributed by atoms with Crippen molar-refractivity contribution in [3.63, 3.8) is 0 Å². The van der Waals surface area contributed by atoms with Crippen LogP contribution in [0.5, 0.6) is 0 Å². The van der Waals surface area contributed by atoms with Crippen LogP contribution in [0.4, 0.5) is 5.82 Å². The van der Waals surface area contributed by atoms with Crippen molar-refractivity contribution < 1.29 is 8.42 Å². The van der Waals surface area contributed by atoms with Crippen LogP contribution in [0.25, 0.3) is 28.2 Å². The van der Waals surface area contributed by atoms with Gasteiger partial charge in [-0.25, -0.2) is 23.4 Å². The van der Waals surface area contributed by atoms with Crippen molar-refractivity contribution in [2.75, 3.05) is 36.8 Å². The second-order valence-electron chi connectivity index (χ2n) is 8.65. The number of sulfonamides is 1. The first kappa shape index (κ1) is 25.0. The second-order valence-corrected chi connectivity index (χ2v) is 11.6. The highest BCUT2D eigenvalue weighted by molar-refractivity contribution is 7.89. The van der Waals surface area contributed by atoms with E-state index in [9.17, 15) is 8.42 Å². The number of nitrogens with zero attached hydrogens (tertiary/aromatic N) is 6. The third-order valence-electron chi connectivity index (χ3n) is 6.31. The summed E-state index contributed by atoms with van der Waals surface area (Å²) in [6.45, 7) is 3.85. The summed E-state index contributed by atoms with van der Waals surface area (Å²) in [4.78, 5) is 16.2. The van der Waals surface area contributed by atoms with E-state index in [2.05, 4.69) is 14.9 Å². The monoisotopic (exact) mass is 544 g/mol. The summed E-state index contributed by atoms with van der Waals surface area (Å²) in [6, 6.07) is 15.0. The van der Waals surface area contributed by atoms with Gasteiger partial charge in [-0.2, -0.15) is 4.31 Å². The standard InChI is InChI=1S/C25H26Cl2N6O2S/c1-2-3-16-36(34,35)32-14-12-31(13-15-32)24-22-25(29-17-28-24)33(19-10-8-18(26)9-11-19)23(30-22)20-6-4-5-7-21(20)27/h4-11,17H,2-3,12-16H2,1H3. The van der Waals surface area contributed by atoms with Crippen LogP contribution in [0, 0.1) is 0 Å². The summed E-state index contributed by atoms with van der Waals surface area (Å²) in [5, 5.41) is 1.20. The smallest absolute Gasteiger partial charge is 0.214 e. The fourth-order valence-electron chi connectivity index (χ4n) is 4.40. The Hall–Kier alpha value is -2.72. The molecule has 2 aromatic heterocycles. The quantitative estimate of drug-likeness (QED) is 0.324. The Bertz CT molecular complexity index is 1480. The maximum absolute atomic E-state index is 12.7. The molecule has 3 heterocycles. The zero-order valence-corrected chi connectivity index (χ0v) is 22.1. The molecule has 5 rings (SSSR count). The van der Waals surface area contributed by atoms with Gasteiger partial charge in [-0.1, -0.05) is 48.7 Å². The topological polar surface area (TPSA) is 84.2 Å². The average Bonchev–Trinajstić information content (AvgIpc) is 3.28. The number of fused-ring (bicyclic) bond motifs is 1. The molecule has 1 saturated heterocycles. The van der Waals surface area contributed by atoms with Crippen LogP contribution >= 0.6 is 23.2 Å². The van der Waals surface area contributed by atoms with E-state index in [0.29, 0.717) is 65.5 Å². The van der Waals surface area contributed by atoms with E-state index in [0.717, 1.165) is 17.7 Å². The first-order chi connectivity index (χ1) is 17.4. The molecule has 0 spiro atoms. The SMILES string of the molecule is CCCCS(=O)(=O)N1CCN(c2ncnc3c2nc(-c2ccccc2Cl)n3-c2ccc(Cl)cc2)CC1. The van der Waals surface area contributed by atoms with Crippen molar-refractivity contribution in [3.8, 4) is 17.1 Å². The van der Waals surface area contributed by atoms with Gasteiger partial charge in [0.2, 0.25) is 10.0 Å². The Balaban J connectivity index is 1.56. The summed E-state index contributed by atoms with van der Waals surface area (Å²) in [5.74, 6) is 1.50. The van der Waals surface area contributed by atoms with Gasteiger partial charge in [0.15, 0.2) is 17.0 Å². The van der Waals surface area contributed by atoms with Gasteiger partial charge >= 0.3 is 0 Å². The minimum absolute atomic E-state index is 0.188. The summed E-state index contributed by atoms with van der Waals surface area (Å²) in [6.07, 6.45) is 3.04. The Morgan fingerprint density at radius 3 is 2.36 bits per heavy atom. The number of aromatic nitrogens is 4. The van der Waals surface area contributed by atoms with E-state index in [1.54, 1.807) is 4.31 Å². The second kappa shape index (κ2) is 10.3. The number of rotatable bonds is 7. The number of hydrogen-bond donors (Lipinski definition) is 0. The van der Waals surface area contributed by atoms with Crippen LogP contribution < -0.4 is 4.90 Å². The van der Waals surface area contributed by atoms with Crippen molar-refractivity contribution in [3.05, 3.63) is 64.9 Å². The van der Waals surface area contributed by atoms with Crippen LogP contribution in [-0.2, 0) is 10.0 Å². The molecular weight excluding hydrogens is 519 g/mol. The number of piperazine rings is 1. The molecule has 0 atom stereocenters. The van der Waals surface area contributed by atoms with Crippen molar-refractivity contribution in [2.24, 2.45) is 0 Å². The molecule has 36 heavy (non-hydrogen) atoms. The van der Waals surface area contributed by atoms with Crippen LogP contribution in [0.1, 0.15) is 19.8 Å². The largest absolute Gasteiger partial charge is 0.352 e. The number of anilines is 1. The van der Waals surface area contributed by atoms with Crippen LogP contribution in [0.3, 0.4) is 0 Å². The molecular formula is C25H26Cl2N6O2S. The van der Waals surface area contributed by atoms with Gasteiger partial charge in [0.05, 0.1) is 10.8 Å². The lowest BCUT2D eigenvalue weighted by Crippen LogP contribution is -2.49. The van der Waals surface area contributed by atoms with Gasteiger partial charge in [-0.05, 0) is 42.8 Å². The Morgan fingerprint density at radius 2 is 1.67 bits per heavy atom. The zero-order valence-electron chi connectivity index (χ0n) is 19.8. The zero-order chi connectivity index (χ0) is 25.3. The van der Waals surface area contributed by atoms with E-state index in [1.165, 1.54) is 6.33 Å². The number of imidazole rings is 1. The van der Waals surface area contributed by atoms with Crippen molar-refractivity contribution in [1.82, 2.24) is 23.8 Å². The van der Waals surface area contributed by atoms with Crippen LogP contribution in [0.2, 0.25) is 10.0 Å². The van der Waals surface area contributed by atoms with Crippen LogP contribution in [0.15, 0.2) is 54.9 Å². The van der Waals surface area contributed by atoms with E-state index in [-0.39, 0.29) is 5.75 Å². The molecule has 1 aliphatic heterocycles. The molecule has 0 bridgehead atoms. The lowest BCUT2D eigenvalue weighted by Gasteiger charge is -2.34. The molecule has 8 nitrogen and oxygen atoms in total. The molecule has 188 valence electrons. The maximum atomic E-state index is 12.7. The van der Waals surface area contributed by atoms with Crippen LogP contribution in [-0.4, -0.2) is 64.2 Å². The lowest BCUT2D eigenvalue weighted by atomic mass is 10.2. The maximum Gasteiger partial charge on any atom is 0.214 e. The van der Waals surface area contributed by atoms with Crippen molar-refractivity contribution in [2.45, 2.75) is 19.8 Å². The first-order valence-corrected chi connectivity index (χ1v) is 14.2. The van der Waals surface area contributed by atoms with E-state index in [4.69, 9.17) is 28.2 Å². The number of hydrogen-bond acceptors (Lipinski definition) is 6. The highest BCUT2D eigenvalue weighted by Gasteiger charge is 2.29. The summed E-state index contributed by atoms with van der Waals surface area (Å²) < 4.78 is 28.9. The molecule has 0 aliphatic carbocycles. The van der Waals surface area contributed by atoms with Gasteiger partial charge < -0.3 is 4.90 Å². The molecule has 1 aliphatic rings. The minimum Gasteiger partial charge on any atom is -0.352 e. The highest BCUT2D eigenvalue weighted by atomic mass is 35.5. The summed E-state index contributed by atoms with van der Waals surface area (Å²) in [5.41, 5.74) is 2.87.